The Balaban J connectivity index is 1.95. The summed E-state index contributed by atoms with van der Waals surface area (Å²) in [7, 11) is -4.65. The van der Waals surface area contributed by atoms with Crippen molar-refractivity contribution in [3.05, 3.63) is 94.0 Å². The maximum atomic E-state index is 13.7. The van der Waals surface area contributed by atoms with Crippen molar-refractivity contribution in [2.24, 2.45) is 0 Å². The van der Waals surface area contributed by atoms with Crippen molar-refractivity contribution in [3.63, 3.8) is 0 Å². The molecule has 1 amide bonds. The molecule has 4 aromatic rings. The van der Waals surface area contributed by atoms with Crippen LogP contribution in [0.1, 0.15) is 33.4 Å². The second kappa shape index (κ2) is 9.58. The van der Waals surface area contributed by atoms with Gasteiger partial charge in [-0.2, -0.15) is 4.31 Å². The minimum absolute atomic E-state index is 0.00749. The number of furan rings is 1. The van der Waals surface area contributed by atoms with E-state index in [0.717, 1.165) is 18.2 Å². The number of hydrogen-bond acceptors (Lipinski definition) is 9. The number of aryl methyl sites for hydroxylation is 1. The van der Waals surface area contributed by atoms with Gasteiger partial charge in [0.05, 0.1) is 22.1 Å². The number of nitrogens with zero attached hydrogens (tertiary/aromatic N) is 3. The van der Waals surface area contributed by atoms with Crippen LogP contribution < -0.4 is 4.31 Å². The van der Waals surface area contributed by atoms with Crippen LogP contribution in [0.3, 0.4) is 0 Å². The summed E-state index contributed by atoms with van der Waals surface area (Å²) in [5, 5.41) is 11.5. The van der Waals surface area contributed by atoms with Crippen LogP contribution in [0.5, 0.6) is 0 Å². The third-order valence-corrected chi connectivity index (χ3v) is 6.95. The number of esters is 1. The lowest BCUT2D eigenvalue weighted by molar-refractivity contribution is -0.385. The molecule has 11 nitrogen and oxygen atoms in total. The minimum Gasteiger partial charge on any atom is -0.462 e. The molecule has 0 spiro atoms. The minimum atomic E-state index is -4.65. The molecule has 0 atom stereocenters. The molecule has 12 heteroatoms. The summed E-state index contributed by atoms with van der Waals surface area (Å²) in [5.41, 5.74) is -0.186. The van der Waals surface area contributed by atoms with Gasteiger partial charge in [0.1, 0.15) is 16.9 Å². The molecule has 0 aliphatic heterocycles. The number of nitro benzene ring substituents is 1. The molecule has 2 aromatic heterocycles. The van der Waals surface area contributed by atoms with Crippen LogP contribution in [0.2, 0.25) is 0 Å². The molecule has 2 aromatic carbocycles. The summed E-state index contributed by atoms with van der Waals surface area (Å²) in [5.74, 6) is -1.34. The molecule has 4 rings (SSSR count). The molecular weight excluding hydrogens is 490 g/mol. The molecule has 36 heavy (non-hydrogen) atoms. The third kappa shape index (κ3) is 4.41. The van der Waals surface area contributed by atoms with Crippen molar-refractivity contribution in [3.8, 4) is 0 Å². The number of sulfonamides is 1. The van der Waals surface area contributed by atoms with Gasteiger partial charge in [-0.1, -0.05) is 6.07 Å². The number of benzene rings is 2. The van der Waals surface area contributed by atoms with Gasteiger partial charge < -0.3 is 9.15 Å². The molecular formula is C24H19N3O8S. The van der Waals surface area contributed by atoms with Gasteiger partial charge in [-0.25, -0.2) is 13.2 Å². The fraction of sp³-hybridized carbons (Fsp3) is 0.125. The van der Waals surface area contributed by atoms with Gasteiger partial charge in [0.15, 0.2) is 0 Å². The first kappa shape index (κ1) is 24.5. The van der Waals surface area contributed by atoms with E-state index < -0.39 is 37.4 Å². The predicted octanol–water partition coefficient (Wildman–Crippen LogP) is 4.26. The molecule has 0 aliphatic rings. The fourth-order valence-corrected chi connectivity index (χ4v) is 5.08. The number of fused-ring (bicyclic) bond motifs is 1. The first-order valence-corrected chi connectivity index (χ1v) is 12.0. The molecule has 0 radical (unpaired) electrons. The Morgan fingerprint density at radius 1 is 1.11 bits per heavy atom. The molecule has 0 N–H and O–H groups in total. The number of aromatic nitrogens is 1. The Kier molecular flexibility index (Phi) is 6.53. The van der Waals surface area contributed by atoms with E-state index in [0.29, 0.717) is 4.31 Å². The van der Waals surface area contributed by atoms with Gasteiger partial charge in [0.2, 0.25) is 0 Å². The highest BCUT2D eigenvalue weighted by Gasteiger charge is 2.34. The molecule has 0 unspecified atom stereocenters. The van der Waals surface area contributed by atoms with Crippen molar-refractivity contribution < 1.29 is 32.1 Å². The highest BCUT2D eigenvalue weighted by molar-refractivity contribution is 7.93. The van der Waals surface area contributed by atoms with E-state index in [1.165, 1.54) is 48.8 Å². The average Bonchev–Trinajstić information content (AvgIpc) is 3.19. The fourth-order valence-electron chi connectivity index (χ4n) is 3.63. The van der Waals surface area contributed by atoms with Crippen LogP contribution in [0.25, 0.3) is 11.0 Å². The largest absolute Gasteiger partial charge is 0.462 e. The molecule has 0 fully saturated rings. The van der Waals surface area contributed by atoms with E-state index in [1.807, 2.05) is 0 Å². The lowest BCUT2D eigenvalue weighted by Gasteiger charge is -2.23. The van der Waals surface area contributed by atoms with Crippen molar-refractivity contribution >= 4 is 44.2 Å². The van der Waals surface area contributed by atoms with Crippen molar-refractivity contribution in [2.45, 2.75) is 18.7 Å². The first-order valence-electron chi connectivity index (χ1n) is 10.6. The molecule has 0 saturated heterocycles. The van der Waals surface area contributed by atoms with Crippen molar-refractivity contribution in [1.82, 2.24) is 4.98 Å². The zero-order valence-corrected chi connectivity index (χ0v) is 19.9. The second-order valence-electron chi connectivity index (χ2n) is 7.50. The van der Waals surface area contributed by atoms with Crippen LogP contribution in [-0.4, -0.2) is 36.8 Å². The zero-order valence-electron chi connectivity index (χ0n) is 19.1. The molecule has 184 valence electrons. The quantitative estimate of drug-likeness (QED) is 0.202. The van der Waals surface area contributed by atoms with Crippen LogP contribution in [-0.2, 0) is 14.8 Å². The maximum Gasteiger partial charge on any atom is 0.342 e. The summed E-state index contributed by atoms with van der Waals surface area (Å²) >= 11 is 0. The van der Waals surface area contributed by atoms with E-state index in [9.17, 15) is 28.1 Å². The van der Waals surface area contributed by atoms with Gasteiger partial charge in [-0.05, 0) is 50.2 Å². The van der Waals surface area contributed by atoms with Gasteiger partial charge in [-0.15, -0.1) is 0 Å². The number of non-ortho nitro benzene ring substituents is 1. The molecule has 0 bridgehead atoms. The van der Waals surface area contributed by atoms with E-state index >= 15 is 0 Å². The van der Waals surface area contributed by atoms with E-state index in [2.05, 4.69) is 4.98 Å². The lowest BCUT2D eigenvalue weighted by Crippen LogP contribution is -2.37. The summed E-state index contributed by atoms with van der Waals surface area (Å²) < 4.78 is 38.7. The first-order chi connectivity index (χ1) is 17.1. The van der Waals surface area contributed by atoms with Crippen molar-refractivity contribution in [2.75, 3.05) is 10.9 Å². The molecule has 2 heterocycles. The van der Waals surface area contributed by atoms with Crippen LogP contribution in [0, 0.1) is 17.0 Å². The second-order valence-corrected chi connectivity index (χ2v) is 9.29. The summed E-state index contributed by atoms with van der Waals surface area (Å²) in [6.07, 6.45) is 2.65. The SMILES string of the molecule is CCOC(=O)c1c(C)oc2ccc(N(C(=O)c3ccncc3)S(=O)(=O)c3cccc([N+](=O)[O-])c3)cc12. The maximum absolute atomic E-state index is 13.7. The Bertz CT molecular complexity index is 1600. The Morgan fingerprint density at radius 3 is 2.50 bits per heavy atom. The number of ether oxygens (including phenoxy) is 1. The Hall–Kier alpha value is -4.58. The number of carbonyl (C=O) groups is 2. The van der Waals surface area contributed by atoms with Gasteiger partial charge >= 0.3 is 5.97 Å². The van der Waals surface area contributed by atoms with Crippen LogP contribution in [0.15, 0.2) is 76.3 Å². The highest BCUT2D eigenvalue weighted by Crippen LogP contribution is 2.34. The topological polar surface area (TPSA) is 150 Å². The highest BCUT2D eigenvalue weighted by atomic mass is 32.2. The average molecular weight is 509 g/mol. The molecule has 0 saturated carbocycles. The van der Waals surface area contributed by atoms with Crippen LogP contribution in [0.4, 0.5) is 11.4 Å². The number of anilines is 1. The Labute approximate surface area is 205 Å². The summed E-state index contributed by atoms with van der Waals surface area (Å²) in [6, 6.07) is 11.1. The van der Waals surface area contributed by atoms with Gasteiger partial charge in [0.25, 0.3) is 21.6 Å². The smallest absolute Gasteiger partial charge is 0.342 e. The normalized spacial score (nSPS) is 11.3. The van der Waals surface area contributed by atoms with E-state index in [1.54, 1.807) is 13.8 Å². The predicted molar refractivity (Wildman–Crippen MR) is 128 cm³/mol. The number of carbonyl (C=O) groups excluding carboxylic acids is 2. The number of hydrogen-bond donors (Lipinski definition) is 0. The van der Waals surface area contributed by atoms with Crippen LogP contribution >= 0.6 is 0 Å². The number of amides is 1. The number of rotatable bonds is 7. The number of pyridine rings is 1. The van der Waals surface area contributed by atoms with E-state index in [4.69, 9.17) is 9.15 Å². The monoisotopic (exact) mass is 509 g/mol. The number of nitro groups is 1. The standard InChI is InChI=1S/C24H19N3O8S/c1-3-34-24(29)22-15(2)35-21-8-7-17(14-20(21)22)26(23(28)16-9-11-25-12-10-16)36(32,33)19-6-4-5-18(13-19)27(30)31/h4-14H,3H2,1-2H3. The summed E-state index contributed by atoms with van der Waals surface area (Å²) in [4.78, 5) is 40.0. The third-order valence-electron chi connectivity index (χ3n) is 5.24. The van der Waals surface area contributed by atoms with E-state index in [-0.39, 0.29) is 40.2 Å². The Morgan fingerprint density at radius 2 is 1.83 bits per heavy atom. The summed E-state index contributed by atoms with van der Waals surface area (Å²) in [6.45, 7) is 3.31. The van der Waals surface area contributed by atoms with Gasteiger partial charge in [0, 0.05) is 35.5 Å². The zero-order chi connectivity index (χ0) is 26.0. The lowest BCUT2D eigenvalue weighted by atomic mass is 10.1. The van der Waals surface area contributed by atoms with Gasteiger partial charge in [-0.3, -0.25) is 19.9 Å². The van der Waals surface area contributed by atoms with Crippen molar-refractivity contribution in [1.29, 1.82) is 0 Å². The molecule has 0 aliphatic carbocycles.